The van der Waals surface area contributed by atoms with E-state index in [9.17, 15) is 0 Å². The number of benzene rings is 2. The highest BCUT2D eigenvalue weighted by Gasteiger charge is 2.09. The summed E-state index contributed by atoms with van der Waals surface area (Å²) in [4.78, 5) is 0. The molecule has 0 aromatic heterocycles. The van der Waals surface area contributed by atoms with Crippen molar-refractivity contribution in [3.8, 4) is 5.75 Å². The molecule has 2 nitrogen and oxygen atoms in total. The van der Waals surface area contributed by atoms with Crippen LogP contribution >= 0.6 is 27.5 Å². The van der Waals surface area contributed by atoms with Crippen molar-refractivity contribution in [2.75, 3.05) is 6.54 Å². The van der Waals surface area contributed by atoms with Gasteiger partial charge in [-0.05, 0) is 25.1 Å². The molecule has 0 aliphatic carbocycles. The van der Waals surface area contributed by atoms with E-state index in [1.165, 1.54) is 0 Å². The Labute approximate surface area is 139 Å². The van der Waals surface area contributed by atoms with Crippen LogP contribution in [-0.4, -0.2) is 6.54 Å². The van der Waals surface area contributed by atoms with E-state index in [-0.39, 0.29) is 0 Å². The Morgan fingerprint density at radius 3 is 2.62 bits per heavy atom. The summed E-state index contributed by atoms with van der Waals surface area (Å²) in [6.45, 7) is 4.39. The molecular formula is C17H19BrClNO. The molecule has 0 bridgehead atoms. The molecule has 0 aliphatic heterocycles. The molecule has 21 heavy (non-hydrogen) atoms. The predicted octanol–water partition coefficient (Wildman–Crippen LogP) is 5.18. The average Bonchev–Trinajstić information content (AvgIpc) is 2.48. The zero-order valence-corrected chi connectivity index (χ0v) is 14.4. The van der Waals surface area contributed by atoms with E-state index in [0.29, 0.717) is 11.6 Å². The Kier molecular flexibility index (Phi) is 6.55. The van der Waals surface area contributed by atoms with Crippen molar-refractivity contribution < 1.29 is 4.74 Å². The fraction of sp³-hybridized carbons (Fsp3) is 0.294. The number of ether oxygens (including phenoxy) is 1. The minimum atomic E-state index is 0.492. The molecule has 0 spiro atoms. The fourth-order valence-electron chi connectivity index (χ4n) is 2.02. The van der Waals surface area contributed by atoms with Crippen molar-refractivity contribution in [1.29, 1.82) is 0 Å². The molecule has 2 aromatic carbocycles. The second-order valence-corrected chi connectivity index (χ2v) is 6.05. The summed E-state index contributed by atoms with van der Waals surface area (Å²) < 4.78 is 7.01. The first-order valence-electron chi connectivity index (χ1n) is 7.06. The molecule has 0 fully saturated rings. The lowest BCUT2D eigenvalue weighted by Crippen LogP contribution is -2.14. The number of hydrogen-bond acceptors (Lipinski definition) is 2. The molecule has 1 N–H and O–H groups in total. The average molecular weight is 369 g/mol. The van der Waals surface area contributed by atoms with Gasteiger partial charge in [-0.2, -0.15) is 0 Å². The Morgan fingerprint density at radius 2 is 1.86 bits per heavy atom. The van der Waals surface area contributed by atoms with Gasteiger partial charge in [0.25, 0.3) is 0 Å². The topological polar surface area (TPSA) is 21.3 Å². The lowest BCUT2D eigenvalue weighted by molar-refractivity contribution is 0.301. The summed E-state index contributed by atoms with van der Waals surface area (Å²) in [6, 6.07) is 13.9. The van der Waals surface area contributed by atoms with Gasteiger partial charge in [-0.25, -0.2) is 0 Å². The van der Waals surface area contributed by atoms with Crippen LogP contribution in [0.3, 0.4) is 0 Å². The quantitative estimate of drug-likeness (QED) is 0.680. The third kappa shape index (κ3) is 4.73. The van der Waals surface area contributed by atoms with Crippen molar-refractivity contribution in [2.45, 2.75) is 26.5 Å². The van der Waals surface area contributed by atoms with E-state index in [0.717, 1.165) is 40.9 Å². The van der Waals surface area contributed by atoms with Crippen molar-refractivity contribution in [1.82, 2.24) is 5.32 Å². The van der Waals surface area contributed by atoms with Crippen LogP contribution in [-0.2, 0) is 13.2 Å². The number of para-hydroxylation sites is 1. The molecular weight excluding hydrogens is 350 g/mol. The largest absolute Gasteiger partial charge is 0.487 e. The van der Waals surface area contributed by atoms with E-state index >= 15 is 0 Å². The van der Waals surface area contributed by atoms with Crippen LogP contribution in [0.5, 0.6) is 5.75 Å². The van der Waals surface area contributed by atoms with Crippen LogP contribution in [0.4, 0.5) is 0 Å². The van der Waals surface area contributed by atoms with Gasteiger partial charge in [-0.15, -0.1) is 0 Å². The number of halogens is 2. The van der Waals surface area contributed by atoms with Gasteiger partial charge < -0.3 is 10.1 Å². The second-order valence-electron chi connectivity index (χ2n) is 4.78. The summed E-state index contributed by atoms with van der Waals surface area (Å²) in [5.41, 5.74) is 2.19. The molecule has 0 amide bonds. The smallest absolute Gasteiger partial charge is 0.142 e. The predicted molar refractivity (Wildman–Crippen MR) is 91.9 cm³/mol. The zero-order chi connectivity index (χ0) is 15.1. The third-order valence-corrected chi connectivity index (χ3v) is 4.19. The maximum Gasteiger partial charge on any atom is 0.142 e. The summed E-state index contributed by atoms with van der Waals surface area (Å²) in [6.07, 6.45) is 1.10. The van der Waals surface area contributed by atoms with Crippen molar-refractivity contribution in [3.63, 3.8) is 0 Å². The van der Waals surface area contributed by atoms with Crippen LogP contribution in [0.15, 0.2) is 46.9 Å². The summed E-state index contributed by atoms with van der Waals surface area (Å²) >= 11 is 9.82. The lowest BCUT2D eigenvalue weighted by Gasteiger charge is -2.14. The summed E-state index contributed by atoms with van der Waals surface area (Å²) in [5, 5.41) is 4.03. The van der Waals surface area contributed by atoms with Crippen molar-refractivity contribution in [3.05, 3.63) is 63.1 Å². The minimum absolute atomic E-state index is 0.492. The van der Waals surface area contributed by atoms with Gasteiger partial charge in [-0.1, -0.05) is 64.8 Å². The first-order valence-corrected chi connectivity index (χ1v) is 8.23. The van der Waals surface area contributed by atoms with Gasteiger partial charge in [-0.3, -0.25) is 0 Å². The fourth-order valence-corrected chi connectivity index (χ4v) is 2.67. The molecule has 2 aromatic rings. The first-order chi connectivity index (χ1) is 10.2. The molecule has 112 valence electrons. The van der Waals surface area contributed by atoms with Gasteiger partial charge >= 0.3 is 0 Å². The monoisotopic (exact) mass is 367 g/mol. The SMILES string of the molecule is CCCNCc1cccc(Cl)c1OCc1ccccc1Br. The summed E-state index contributed by atoms with van der Waals surface area (Å²) in [5.74, 6) is 0.763. The molecule has 0 heterocycles. The Balaban J connectivity index is 2.09. The van der Waals surface area contributed by atoms with E-state index < -0.39 is 0 Å². The van der Waals surface area contributed by atoms with Crippen molar-refractivity contribution >= 4 is 27.5 Å². The molecule has 0 radical (unpaired) electrons. The van der Waals surface area contributed by atoms with Crippen LogP contribution in [0.25, 0.3) is 0 Å². The maximum atomic E-state index is 6.28. The van der Waals surface area contributed by atoms with E-state index in [1.807, 2.05) is 42.5 Å². The van der Waals surface area contributed by atoms with Gasteiger partial charge in [0.15, 0.2) is 0 Å². The molecule has 4 heteroatoms. The second kappa shape index (κ2) is 8.42. The standard InChI is InChI=1S/C17H19BrClNO/c1-2-10-20-11-13-7-5-9-16(19)17(13)21-12-14-6-3-4-8-15(14)18/h3-9,20H,2,10-12H2,1H3. The lowest BCUT2D eigenvalue weighted by atomic mass is 10.2. The maximum absolute atomic E-state index is 6.28. The van der Waals surface area contributed by atoms with Gasteiger partial charge in [0.05, 0.1) is 5.02 Å². The number of nitrogens with one attached hydrogen (secondary N) is 1. The van der Waals surface area contributed by atoms with Crippen LogP contribution < -0.4 is 10.1 Å². The molecule has 0 aliphatic rings. The van der Waals surface area contributed by atoms with Crippen molar-refractivity contribution in [2.24, 2.45) is 0 Å². The number of hydrogen-bond donors (Lipinski definition) is 1. The highest BCUT2D eigenvalue weighted by Crippen LogP contribution is 2.30. The van der Waals surface area contributed by atoms with E-state index in [4.69, 9.17) is 16.3 Å². The van der Waals surface area contributed by atoms with E-state index in [2.05, 4.69) is 28.2 Å². The Morgan fingerprint density at radius 1 is 1.10 bits per heavy atom. The molecule has 0 saturated heterocycles. The van der Waals surface area contributed by atoms with Gasteiger partial charge in [0, 0.05) is 22.1 Å². The molecule has 2 rings (SSSR count). The zero-order valence-electron chi connectivity index (χ0n) is 12.0. The molecule has 0 unspecified atom stereocenters. The Hall–Kier alpha value is -1.03. The Bertz CT molecular complexity index is 589. The highest BCUT2D eigenvalue weighted by atomic mass is 79.9. The van der Waals surface area contributed by atoms with Gasteiger partial charge in [0.2, 0.25) is 0 Å². The van der Waals surface area contributed by atoms with Gasteiger partial charge in [0.1, 0.15) is 12.4 Å². The van der Waals surface area contributed by atoms with Crippen LogP contribution in [0, 0.1) is 0 Å². The highest BCUT2D eigenvalue weighted by molar-refractivity contribution is 9.10. The molecule has 0 saturated carbocycles. The molecule has 0 atom stereocenters. The normalized spacial score (nSPS) is 10.6. The third-order valence-electron chi connectivity index (χ3n) is 3.12. The first kappa shape index (κ1) is 16.3. The summed E-state index contributed by atoms with van der Waals surface area (Å²) in [7, 11) is 0. The van der Waals surface area contributed by atoms with E-state index in [1.54, 1.807) is 0 Å². The van der Waals surface area contributed by atoms with Crippen LogP contribution in [0.2, 0.25) is 5.02 Å². The van der Waals surface area contributed by atoms with Crippen LogP contribution in [0.1, 0.15) is 24.5 Å². The number of rotatable bonds is 7. The minimum Gasteiger partial charge on any atom is -0.487 e.